The number of carbonyl (C=O) groups excluding carboxylic acids is 1. The Balaban J connectivity index is 1.77. The zero-order valence-corrected chi connectivity index (χ0v) is 16.2. The summed E-state index contributed by atoms with van der Waals surface area (Å²) in [6.45, 7) is 8.84. The van der Waals surface area contributed by atoms with Crippen molar-refractivity contribution in [2.75, 3.05) is 26.2 Å². The molecule has 2 N–H and O–H groups in total. The van der Waals surface area contributed by atoms with E-state index < -0.39 is 5.41 Å². The molecule has 0 aliphatic carbocycles. The van der Waals surface area contributed by atoms with E-state index in [-0.39, 0.29) is 5.91 Å². The number of rotatable bonds is 0. The lowest BCUT2D eigenvalue weighted by Gasteiger charge is -2.30. The van der Waals surface area contributed by atoms with Crippen molar-refractivity contribution in [3.63, 3.8) is 0 Å². The molecule has 3 aliphatic heterocycles. The van der Waals surface area contributed by atoms with E-state index in [1.54, 1.807) is 0 Å². The van der Waals surface area contributed by atoms with Crippen molar-refractivity contribution in [1.29, 1.82) is 0 Å². The van der Waals surface area contributed by atoms with E-state index in [1.165, 1.54) is 5.57 Å². The van der Waals surface area contributed by atoms with E-state index in [4.69, 9.17) is 9.73 Å². The second-order valence-corrected chi connectivity index (χ2v) is 8.20. The Morgan fingerprint density at radius 2 is 2.15 bits per heavy atom. The maximum atomic E-state index is 13.2. The zero-order chi connectivity index (χ0) is 19.0. The number of pyridine rings is 1. The highest BCUT2D eigenvalue weighted by molar-refractivity contribution is 6.02. The van der Waals surface area contributed by atoms with Gasteiger partial charge in [-0.05, 0) is 30.4 Å². The zero-order valence-electron chi connectivity index (χ0n) is 16.2. The molecular weight excluding hydrogens is 342 g/mol. The van der Waals surface area contributed by atoms with Crippen LogP contribution in [0, 0.1) is 11.3 Å². The molecule has 0 saturated heterocycles. The lowest BCUT2D eigenvalue weighted by Crippen LogP contribution is -2.44. The summed E-state index contributed by atoms with van der Waals surface area (Å²) in [4.78, 5) is 24.4. The van der Waals surface area contributed by atoms with Crippen LogP contribution in [0.3, 0.4) is 0 Å². The van der Waals surface area contributed by atoms with Gasteiger partial charge < -0.3 is 15.1 Å². The van der Waals surface area contributed by atoms with Crippen LogP contribution >= 0.6 is 0 Å². The van der Waals surface area contributed by atoms with E-state index in [9.17, 15) is 4.79 Å². The summed E-state index contributed by atoms with van der Waals surface area (Å²) in [6, 6.07) is 5.61. The van der Waals surface area contributed by atoms with Crippen molar-refractivity contribution in [3.8, 4) is 5.88 Å². The normalized spacial score (nSPS) is 25.1. The molecule has 1 aromatic heterocycles. The Bertz CT molecular complexity index is 814. The molecule has 27 heavy (non-hydrogen) atoms. The van der Waals surface area contributed by atoms with Crippen LogP contribution in [0.4, 0.5) is 5.82 Å². The molecule has 4 rings (SSSR count). The Morgan fingerprint density at radius 1 is 1.30 bits per heavy atom. The van der Waals surface area contributed by atoms with Gasteiger partial charge in [0.25, 0.3) is 0 Å². The highest BCUT2D eigenvalue weighted by Crippen LogP contribution is 2.33. The fraction of sp³-hybridized carbons (Fsp3) is 0.550. The SMILES string of the molecule is CC1CNNC2=Nc3cccc(n3)OCCCC(C)(C)C(=O)N3CC2=C1C3. The summed E-state index contributed by atoms with van der Waals surface area (Å²) in [5.74, 6) is 2.43. The number of amidine groups is 1. The Hall–Kier alpha value is -2.41. The molecule has 0 spiro atoms. The minimum Gasteiger partial charge on any atom is -0.478 e. The molecule has 1 unspecified atom stereocenters. The number of hydrogen-bond donors (Lipinski definition) is 2. The van der Waals surface area contributed by atoms with Gasteiger partial charge in [0.15, 0.2) is 5.82 Å². The smallest absolute Gasteiger partial charge is 0.228 e. The summed E-state index contributed by atoms with van der Waals surface area (Å²) in [5.41, 5.74) is 8.41. The van der Waals surface area contributed by atoms with Crippen LogP contribution in [-0.4, -0.2) is 47.9 Å². The van der Waals surface area contributed by atoms with Gasteiger partial charge in [-0.15, -0.1) is 0 Å². The maximum absolute atomic E-state index is 13.2. The Labute approximate surface area is 159 Å². The second kappa shape index (κ2) is 6.96. The third-order valence-corrected chi connectivity index (χ3v) is 5.59. The standard InChI is InChI=1S/C20H27N5O2/c1-13-10-21-24-18-15-12-25(11-14(13)15)19(26)20(2,3)8-5-9-27-17-7-4-6-16(22-17)23-18/h4,6-7,13,21H,5,8-12H2,1-3H3,(H,22,23,24). The summed E-state index contributed by atoms with van der Waals surface area (Å²) in [5, 5.41) is 0. The summed E-state index contributed by atoms with van der Waals surface area (Å²) < 4.78 is 5.78. The number of amides is 1. The van der Waals surface area contributed by atoms with Gasteiger partial charge in [-0.25, -0.2) is 10.4 Å². The number of hydrogen-bond acceptors (Lipinski definition) is 6. The lowest BCUT2D eigenvalue weighted by atomic mass is 9.86. The Kier molecular flexibility index (Phi) is 4.63. The largest absolute Gasteiger partial charge is 0.478 e. The van der Waals surface area contributed by atoms with Crippen LogP contribution in [0.15, 0.2) is 34.3 Å². The van der Waals surface area contributed by atoms with Gasteiger partial charge in [0.05, 0.1) is 6.61 Å². The molecule has 0 saturated carbocycles. The van der Waals surface area contributed by atoms with E-state index in [0.29, 0.717) is 37.3 Å². The predicted molar refractivity (Wildman–Crippen MR) is 104 cm³/mol. The van der Waals surface area contributed by atoms with Crippen LogP contribution in [0.25, 0.3) is 0 Å². The minimum atomic E-state index is -0.417. The fourth-order valence-electron chi connectivity index (χ4n) is 3.94. The lowest BCUT2D eigenvalue weighted by molar-refractivity contribution is -0.139. The molecule has 144 valence electrons. The molecule has 4 bridgehead atoms. The second-order valence-electron chi connectivity index (χ2n) is 8.20. The monoisotopic (exact) mass is 369 g/mol. The minimum absolute atomic E-state index is 0.198. The molecule has 4 heterocycles. The average molecular weight is 369 g/mol. The van der Waals surface area contributed by atoms with Crippen molar-refractivity contribution in [3.05, 3.63) is 29.3 Å². The van der Waals surface area contributed by atoms with Crippen molar-refractivity contribution >= 4 is 17.6 Å². The average Bonchev–Trinajstić information content (AvgIpc) is 3.03. The van der Waals surface area contributed by atoms with Crippen molar-refractivity contribution < 1.29 is 9.53 Å². The van der Waals surface area contributed by atoms with E-state index >= 15 is 0 Å². The van der Waals surface area contributed by atoms with Gasteiger partial charge in [-0.2, -0.15) is 4.98 Å². The molecule has 7 nitrogen and oxygen atoms in total. The molecule has 3 aliphatic rings. The number of nitrogens with zero attached hydrogens (tertiary/aromatic N) is 3. The molecule has 0 radical (unpaired) electrons. The third kappa shape index (κ3) is 3.56. The van der Waals surface area contributed by atoms with Gasteiger partial charge in [0.2, 0.25) is 11.8 Å². The number of aliphatic imine (C=N–C) groups is 1. The molecule has 0 fully saturated rings. The van der Waals surface area contributed by atoms with Crippen LogP contribution in [0.2, 0.25) is 0 Å². The van der Waals surface area contributed by atoms with Crippen LogP contribution in [0.5, 0.6) is 5.88 Å². The predicted octanol–water partition coefficient (Wildman–Crippen LogP) is 2.19. The first-order chi connectivity index (χ1) is 12.9. The maximum Gasteiger partial charge on any atom is 0.228 e. The number of nitrogens with one attached hydrogen (secondary N) is 2. The molecule has 1 atom stereocenters. The highest BCUT2D eigenvalue weighted by Gasteiger charge is 2.38. The topological polar surface area (TPSA) is 78.9 Å². The van der Waals surface area contributed by atoms with E-state index in [0.717, 1.165) is 30.8 Å². The van der Waals surface area contributed by atoms with Crippen molar-refractivity contribution in [1.82, 2.24) is 20.7 Å². The van der Waals surface area contributed by atoms with Gasteiger partial charge in [0, 0.05) is 36.7 Å². The molecule has 0 aromatic carbocycles. The summed E-state index contributed by atoms with van der Waals surface area (Å²) >= 11 is 0. The number of fused-ring (bicyclic) bond motifs is 3. The Morgan fingerprint density at radius 3 is 3.00 bits per heavy atom. The van der Waals surface area contributed by atoms with Gasteiger partial charge in [-0.1, -0.05) is 26.8 Å². The summed E-state index contributed by atoms with van der Waals surface area (Å²) in [6.07, 6.45) is 1.59. The first-order valence-electron chi connectivity index (χ1n) is 9.63. The number of hydrazine groups is 1. The highest BCUT2D eigenvalue weighted by atomic mass is 16.5. The molecule has 1 amide bonds. The van der Waals surface area contributed by atoms with Gasteiger partial charge >= 0.3 is 0 Å². The number of aromatic nitrogens is 1. The molecule has 7 heteroatoms. The van der Waals surface area contributed by atoms with Crippen molar-refractivity contribution in [2.24, 2.45) is 16.3 Å². The van der Waals surface area contributed by atoms with E-state index in [2.05, 4.69) is 22.8 Å². The van der Waals surface area contributed by atoms with Crippen molar-refractivity contribution in [2.45, 2.75) is 33.6 Å². The first kappa shape index (κ1) is 18.0. The van der Waals surface area contributed by atoms with E-state index in [1.807, 2.05) is 36.9 Å². The molecular formula is C20H27N5O2. The summed E-state index contributed by atoms with van der Waals surface area (Å²) in [7, 11) is 0. The quantitative estimate of drug-likeness (QED) is 0.733. The van der Waals surface area contributed by atoms with Gasteiger partial charge in [-0.3, -0.25) is 4.79 Å². The number of ether oxygens (including phenoxy) is 1. The van der Waals surface area contributed by atoms with Gasteiger partial charge in [0.1, 0.15) is 5.84 Å². The fourth-order valence-corrected chi connectivity index (χ4v) is 3.94. The van der Waals surface area contributed by atoms with Crippen LogP contribution in [-0.2, 0) is 4.79 Å². The van der Waals surface area contributed by atoms with Crippen LogP contribution in [0.1, 0.15) is 33.6 Å². The number of carbonyl (C=O) groups is 1. The first-order valence-corrected chi connectivity index (χ1v) is 9.63. The third-order valence-electron chi connectivity index (χ3n) is 5.59. The van der Waals surface area contributed by atoms with Crippen LogP contribution < -0.4 is 15.6 Å². The molecule has 1 aromatic rings.